The first-order chi connectivity index (χ1) is 7.84. The lowest BCUT2D eigenvalue weighted by molar-refractivity contribution is -0.169. The lowest BCUT2D eigenvalue weighted by atomic mass is 9.76. The zero-order valence-corrected chi connectivity index (χ0v) is 11.1. The van der Waals surface area contributed by atoms with Crippen LogP contribution in [0.5, 0.6) is 0 Å². The Morgan fingerprint density at radius 1 is 1.18 bits per heavy atom. The van der Waals surface area contributed by atoms with Gasteiger partial charge in [-0.25, -0.2) is 0 Å². The van der Waals surface area contributed by atoms with E-state index in [1.807, 2.05) is 13.8 Å². The highest BCUT2D eigenvalue weighted by Crippen LogP contribution is 2.33. The smallest absolute Gasteiger partial charge is 0.323 e. The van der Waals surface area contributed by atoms with Crippen LogP contribution in [0.4, 0.5) is 0 Å². The van der Waals surface area contributed by atoms with Crippen LogP contribution in [0.25, 0.3) is 0 Å². The molecular formula is C13H20O4. The van der Waals surface area contributed by atoms with Crippen LogP contribution in [0, 0.1) is 11.3 Å². The van der Waals surface area contributed by atoms with Gasteiger partial charge in [-0.1, -0.05) is 17.7 Å². The van der Waals surface area contributed by atoms with E-state index in [9.17, 15) is 9.59 Å². The molecule has 0 aliphatic carbocycles. The second-order valence-electron chi connectivity index (χ2n) is 4.19. The van der Waals surface area contributed by atoms with E-state index in [4.69, 9.17) is 0 Å². The molecule has 0 aliphatic heterocycles. The van der Waals surface area contributed by atoms with E-state index in [2.05, 4.69) is 16.1 Å². The number of rotatable bonds is 5. The molecule has 1 atom stereocenters. The first-order valence-corrected chi connectivity index (χ1v) is 5.29. The molecule has 17 heavy (non-hydrogen) atoms. The highest BCUT2D eigenvalue weighted by Gasteiger charge is 2.48. The largest absolute Gasteiger partial charge is 0.468 e. The van der Waals surface area contributed by atoms with Crippen LogP contribution in [-0.4, -0.2) is 26.2 Å². The molecule has 0 radical (unpaired) electrons. The molecule has 0 unspecified atom stereocenters. The fraction of sp³-hybridized carbons (Fsp3) is 0.538. The number of methoxy groups -OCH3 is 2. The van der Waals surface area contributed by atoms with E-state index in [0.717, 1.165) is 5.57 Å². The molecular weight excluding hydrogens is 220 g/mol. The SMILES string of the molecule is C=C[C@@H](C=C(C)C)C(C)(C(=O)OC)C(=O)OC. The number of allylic oxidation sites excluding steroid dienone is 3. The second kappa shape index (κ2) is 6.23. The fourth-order valence-corrected chi connectivity index (χ4v) is 1.61. The summed E-state index contributed by atoms with van der Waals surface area (Å²) in [5.41, 5.74) is -0.420. The summed E-state index contributed by atoms with van der Waals surface area (Å²) < 4.78 is 9.37. The highest BCUT2D eigenvalue weighted by atomic mass is 16.5. The van der Waals surface area contributed by atoms with Crippen molar-refractivity contribution in [1.82, 2.24) is 0 Å². The van der Waals surface area contributed by atoms with E-state index in [0.29, 0.717) is 0 Å². The molecule has 0 heterocycles. The van der Waals surface area contributed by atoms with Gasteiger partial charge in [-0.3, -0.25) is 9.59 Å². The molecule has 4 heteroatoms. The van der Waals surface area contributed by atoms with Crippen LogP contribution in [0.3, 0.4) is 0 Å². The van der Waals surface area contributed by atoms with Crippen molar-refractivity contribution in [3.05, 3.63) is 24.3 Å². The van der Waals surface area contributed by atoms with Crippen molar-refractivity contribution in [2.45, 2.75) is 20.8 Å². The molecule has 0 saturated carbocycles. The van der Waals surface area contributed by atoms with Gasteiger partial charge in [0, 0.05) is 5.92 Å². The molecule has 0 aromatic carbocycles. The maximum absolute atomic E-state index is 11.8. The maximum Gasteiger partial charge on any atom is 0.323 e. The lowest BCUT2D eigenvalue weighted by Crippen LogP contribution is -2.43. The van der Waals surface area contributed by atoms with Gasteiger partial charge in [0.1, 0.15) is 0 Å². The number of hydrogen-bond acceptors (Lipinski definition) is 4. The predicted octanol–water partition coefficient (Wildman–Crippen LogP) is 2.11. The predicted molar refractivity (Wildman–Crippen MR) is 65.3 cm³/mol. The van der Waals surface area contributed by atoms with Crippen molar-refractivity contribution in [1.29, 1.82) is 0 Å². The van der Waals surface area contributed by atoms with Crippen molar-refractivity contribution >= 4 is 11.9 Å². The molecule has 0 aromatic rings. The van der Waals surface area contributed by atoms with Gasteiger partial charge in [0.05, 0.1) is 14.2 Å². The number of carbonyl (C=O) groups is 2. The van der Waals surface area contributed by atoms with E-state index in [1.165, 1.54) is 21.1 Å². The lowest BCUT2D eigenvalue weighted by Gasteiger charge is -2.28. The molecule has 0 aromatic heterocycles. The Labute approximate surface area is 102 Å². The third kappa shape index (κ3) is 3.19. The van der Waals surface area contributed by atoms with Gasteiger partial charge >= 0.3 is 11.9 Å². The quantitative estimate of drug-likeness (QED) is 0.419. The zero-order chi connectivity index (χ0) is 13.6. The summed E-state index contributed by atoms with van der Waals surface area (Å²) in [5.74, 6) is -1.73. The monoisotopic (exact) mass is 240 g/mol. The number of ether oxygens (including phenoxy) is 2. The van der Waals surface area contributed by atoms with Gasteiger partial charge in [-0.2, -0.15) is 0 Å². The first-order valence-electron chi connectivity index (χ1n) is 5.29. The normalized spacial score (nSPS) is 12.3. The van der Waals surface area contributed by atoms with Crippen LogP contribution < -0.4 is 0 Å². The van der Waals surface area contributed by atoms with Gasteiger partial charge in [0.2, 0.25) is 0 Å². The van der Waals surface area contributed by atoms with E-state index in [-0.39, 0.29) is 0 Å². The van der Waals surface area contributed by atoms with Gasteiger partial charge < -0.3 is 9.47 Å². The van der Waals surface area contributed by atoms with Crippen molar-refractivity contribution in [3.63, 3.8) is 0 Å². The average molecular weight is 240 g/mol. The molecule has 0 rings (SSSR count). The van der Waals surface area contributed by atoms with E-state index < -0.39 is 23.3 Å². The van der Waals surface area contributed by atoms with Crippen LogP contribution in [0.15, 0.2) is 24.3 Å². The zero-order valence-electron chi connectivity index (χ0n) is 11.1. The average Bonchev–Trinajstić information content (AvgIpc) is 2.32. The summed E-state index contributed by atoms with van der Waals surface area (Å²) >= 11 is 0. The van der Waals surface area contributed by atoms with Crippen molar-refractivity contribution in [2.24, 2.45) is 11.3 Å². The molecule has 96 valence electrons. The molecule has 0 spiro atoms. The summed E-state index contributed by atoms with van der Waals surface area (Å²) in [6.45, 7) is 8.91. The Bertz CT molecular complexity index is 321. The maximum atomic E-state index is 11.8. The van der Waals surface area contributed by atoms with Crippen LogP contribution >= 0.6 is 0 Å². The minimum Gasteiger partial charge on any atom is -0.468 e. The summed E-state index contributed by atoms with van der Waals surface area (Å²) in [6, 6.07) is 0. The minimum atomic E-state index is -1.40. The Morgan fingerprint density at radius 2 is 1.59 bits per heavy atom. The van der Waals surface area contributed by atoms with Gasteiger partial charge in [-0.15, -0.1) is 6.58 Å². The Kier molecular flexibility index (Phi) is 5.65. The molecule has 0 fully saturated rings. The Hall–Kier alpha value is -1.58. The number of hydrogen-bond donors (Lipinski definition) is 0. The van der Waals surface area contributed by atoms with Crippen LogP contribution in [-0.2, 0) is 19.1 Å². The third-order valence-electron chi connectivity index (χ3n) is 2.65. The topological polar surface area (TPSA) is 52.6 Å². The Balaban J connectivity index is 5.58. The number of esters is 2. The van der Waals surface area contributed by atoms with Crippen molar-refractivity contribution in [2.75, 3.05) is 14.2 Å². The molecule has 0 bridgehead atoms. The molecule has 4 nitrogen and oxygen atoms in total. The molecule has 0 saturated heterocycles. The first kappa shape index (κ1) is 15.4. The van der Waals surface area contributed by atoms with Crippen molar-refractivity contribution in [3.8, 4) is 0 Å². The van der Waals surface area contributed by atoms with E-state index >= 15 is 0 Å². The standard InChI is InChI=1S/C13H20O4/c1-7-10(8-9(2)3)13(4,11(14)16-5)12(15)17-6/h7-8,10H,1H2,2-6H3/t10-/m0/s1. The summed E-state index contributed by atoms with van der Waals surface area (Å²) in [6.07, 6.45) is 3.34. The number of carbonyl (C=O) groups excluding carboxylic acids is 2. The van der Waals surface area contributed by atoms with Crippen molar-refractivity contribution < 1.29 is 19.1 Å². The molecule has 0 aliphatic rings. The molecule has 0 amide bonds. The van der Waals surface area contributed by atoms with Gasteiger partial charge in [0.25, 0.3) is 0 Å². The van der Waals surface area contributed by atoms with Crippen LogP contribution in [0.2, 0.25) is 0 Å². The fourth-order valence-electron chi connectivity index (χ4n) is 1.61. The van der Waals surface area contributed by atoms with Gasteiger partial charge in [-0.05, 0) is 20.8 Å². The highest BCUT2D eigenvalue weighted by molar-refractivity contribution is 6.00. The van der Waals surface area contributed by atoms with Crippen LogP contribution in [0.1, 0.15) is 20.8 Å². The summed E-state index contributed by atoms with van der Waals surface area (Å²) in [7, 11) is 2.48. The minimum absolute atomic E-state index is 0.465. The third-order valence-corrected chi connectivity index (χ3v) is 2.65. The second-order valence-corrected chi connectivity index (χ2v) is 4.19. The Morgan fingerprint density at radius 3 is 1.82 bits per heavy atom. The van der Waals surface area contributed by atoms with E-state index in [1.54, 1.807) is 12.2 Å². The molecule has 0 N–H and O–H groups in total. The van der Waals surface area contributed by atoms with Gasteiger partial charge in [0.15, 0.2) is 5.41 Å². The summed E-state index contributed by atoms with van der Waals surface area (Å²) in [4.78, 5) is 23.6. The summed E-state index contributed by atoms with van der Waals surface area (Å²) in [5, 5.41) is 0.